The van der Waals surface area contributed by atoms with Crippen molar-refractivity contribution >= 4 is 16.9 Å². The van der Waals surface area contributed by atoms with E-state index in [0.29, 0.717) is 5.88 Å². The second kappa shape index (κ2) is 7.62. The molecule has 0 N–H and O–H groups in total. The molecule has 4 rings (SSSR count). The third kappa shape index (κ3) is 3.46. The number of carbonyl (C=O) groups is 1. The number of nitrogens with zero attached hydrogens (tertiary/aromatic N) is 4. The minimum Gasteiger partial charge on any atom is -0.467 e. The van der Waals surface area contributed by atoms with E-state index < -0.39 is 0 Å². The van der Waals surface area contributed by atoms with E-state index in [1.807, 2.05) is 34.7 Å². The number of hydrogen-bond donors (Lipinski definition) is 0. The largest absolute Gasteiger partial charge is 0.467 e. The van der Waals surface area contributed by atoms with Crippen molar-refractivity contribution in [1.82, 2.24) is 19.7 Å². The van der Waals surface area contributed by atoms with Gasteiger partial charge in [0.25, 0.3) is 5.91 Å². The number of fused-ring (bicyclic) bond motifs is 1. The van der Waals surface area contributed by atoms with Crippen LogP contribution in [0.25, 0.3) is 16.7 Å². The lowest BCUT2D eigenvalue weighted by Gasteiger charge is -2.15. The second-order valence-electron chi connectivity index (χ2n) is 7.38. The number of ether oxygens (including phenoxy) is 1. The molecule has 3 aromatic rings. The lowest BCUT2D eigenvalue weighted by atomic mass is 10.1. The molecule has 0 saturated carbocycles. The van der Waals surface area contributed by atoms with E-state index in [9.17, 15) is 4.79 Å². The number of aryl methyl sites for hydroxylation is 3. The number of rotatable bonds is 5. The first kappa shape index (κ1) is 18.5. The summed E-state index contributed by atoms with van der Waals surface area (Å²) in [6, 6.07) is 10.1. The van der Waals surface area contributed by atoms with Gasteiger partial charge >= 0.3 is 0 Å². The third-order valence-corrected chi connectivity index (χ3v) is 5.33. The van der Waals surface area contributed by atoms with E-state index in [4.69, 9.17) is 14.8 Å². The molecule has 0 aliphatic carbocycles. The third-order valence-electron chi connectivity index (χ3n) is 5.33. The van der Waals surface area contributed by atoms with Crippen LogP contribution in [-0.2, 0) is 11.2 Å². The molecule has 3 heterocycles. The fourth-order valence-electron chi connectivity index (χ4n) is 3.76. The van der Waals surface area contributed by atoms with Crippen LogP contribution in [0.4, 0.5) is 0 Å². The normalized spacial score (nSPS) is 14.0. The molecule has 0 bridgehead atoms. The number of aromatic nitrogens is 3. The molecule has 0 spiro atoms. The summed E-state index contributed by atoms with van der Waals surface area (Å²) in [6.45, 7) is 7.86. The van der Waals surface area contributed by atoms with Crippen LogP contribution in [0.2, 0.25) is 0 Å². The van der Waals surface area contributed by atoms with Gasteiger partial charge in [-0.05, 0) is 50.8 Å². The van der Waals surface area contributed by atoms with Gasteiger partial charge in [-0.3, -0.25) is 4.79 Å². The Hall–Kier alpha value is -2.89. The fraction of sp³-hybridized carbons (Fsp3) is 0.409. The smallest absolute Gasteiger partial charge is 0.260 e. The van der Waals surface area contributed by atoms with Crippen LogP contribution in [-0.4, -0.2) is 45.3 Å². The van der Waals surface area contributed by atoms with Crippen molar-refractivity contribution in [3.8, 4) is 11.6 Å². The monoisotopic (exact) mass is 378 g/mol. The Labute approximate surface area is 165 Å². The van der Waals surface area contributed by atoms with Crippen molar-refractivity contribution in [1.29, 1.82) is 0 Å². The second-order valence-corrected chi connectivity index (χ2v) is 7.38. The lowest BCUT2D eigenvalue weighted by molar-refractivity contribution is -0.132. The van der Waals surface area contributed by atoms with Crippen LogP contribution < -0.4 is 4.74 Å². The summed E-state index contributed by atoms with van der Waals surface area (Å²) < 4.78 is 7.67. The Bertz CT molecular complexity index is 1000. The molecule has 146 valence electrons. The van der Waals surface area contributed by atoms with Crippen molar-refractivity contribution in [2.75, 3.05) is 19.7 Å². The zero-order valence-electron chi connectivity index (χ0n) is 16.7. The molecule has 1 amide bonds. The van der Waals surface area contributed by atoms with Crippen molar-refractivity contribution in [3.05, 3.63) is 47.2 Å². The number of benzene rings is 1. The standard InChI is InChI=1S/C22H26N4O2/c1-4-17-13-19(28-14-20(27)25-11-5-6-12-25)23-22-21(17)16(3)24-26(22)18-9-7-15(2)8-10-18/h7-10,13H,4-6,11-12,14H2,1-3H3. The molecular weight excluding hydrogens is 352 g/mol. The van der Waals surface area contributed by atoms with Gasteiger partial charge in [-0.1, -0.05) is 24.6 Å². The van der Waals surface area contributed by atoms with Crippen LogP contribution in [0.1, 0.15) is 36.6 Å². The van der Waals surface area contributed by atoms with Crippen LogP contribution in [0.3, 0.4) is 0 Å². The Balaban J connectivity index is 1.69. The molecule has 2 aromatic heterocycles. The fourth-order valence-corrected chi connectivity index (χ4v) is 3.76. The van der Waals surface area contributed by atoms with Crippen molar-refractivity contribution in [2.45, 2.75) is 40.0 Å². The molecule has 1 saturated heterocycles. The minimum atomic E-state index is 0.0271. The Morgan fingerprint density at radius 1 is 1.14 bits per heavy atom. The topological polar surface area (TPSA) is 60.2 Å². The van der Waals surface area contributed by atoms with Gasteiger partial charge in [0.05, 0.1) is 11.4 Å². The molecule has 1 aliphatic heterocycles. The number of amides is 1. The predicted molar refractivity (Wildman–Crippen MR) is 109 cm³/mol. The van der Waals surface area contributed by atoms with Gasteiger partial charge in [0.15, 0.2) is 12.3 Å². The molecule has 0 radical (unpaired) electrons. The first-order chi connectivity index (χ1) is 13.6. The highest BCUT2D eigenvalue weighted by molar-refractivity contribution is 5.84. The van der Waals surface area contributed by atoms with Crippen LogP contribution >= 0.6 is 0 Å². The van der Waals surface area contributed by atoms with Gasteiger partial charge in [-0.15, -0.1) is 0 Å². The quantitative estimate of drug-likeness (QED) is 0.681. The van der Waals surface area contributed by atoms with E-state index in [-0.39, 0.29) is 12.5 Å². The summed E-state index contributed by atoms with van der Waals surface area (Å²) in [5.41, 5.74) is 5.00. The highest BCUT2D eigenvalue weighted by Crippen LogP contribution is 2.27. The first-order valence-corrected chi connectivity index (χ1v) is 9.93. The Kier molecular flexibility index (Phi) is 5.03. The summed E-state index contributed by atoms with van der Waals surface area (Å²) >= 11 is 0. The van der Waals surface area contributed by atoms with Gasteiger partial charge < -0.3 is 9.64 Å². The molecule has 0 atom stereocenters. The SMILES string of the molecule is CCc1cc(OCC(=O)N2CCCC2)nc2c1c(C)nn2-c1ccc(C)cc1. The van der Waals surface area contributed by atoms with Crippen LogP contribution in [0, 0.1) is 13.8 Å². The Morgan fingerprint density at radius 3 is 2.54 bits per heavy atom. The average Bonchev–Trinajstić information content (AvgIpc) is 3.35. The molecular formula is C22H26N4O2. The molecule has 1 fully saturated rings. The molecule has 1 aromatic carbocycles. The van der Waals surface area contributed by atoms with E-state index >= 15 is 0 Å². The predicted octanol–water partition coefficient (Wildman–Crippen LogP) is 3.60. The highest BCUT2D eigenvalue weighted by atomic mass is 16.5. The van der Waals surface area contributed by atoms with Gasteiger partial charge in [-0.25, -0.2) is 4.68 Å². The molecule has 1 aliphatic rings. The maximum Gasteiger partial charge on any atom is 0.260 e. The van der Waals surface area contributed by atoms with Gasteiger partial charge in [0.1, 0.15) is 0 Å². The summed E-state index contributed by atoms with van der Waals surface area (Å²) in [4.78, 5) is 18.9. The molecule has 0 unspecified atom stereocenters. The Morgan fingerprint density at radius 2 is 1.86 bits per heavy atom. The van der Waals surface area contributed by atoms with E-state index in [2.05, 4.69) is 26.0 Å². The van der Waals surface area contributed by atoms with Crippen molar-refractivity contribution in [2.24, 2.45) is 0 Å². The molecule has 28 heavy (non-hydrogen) atoms. The highest BCUT2D eigenvalue weighted by Gasteiger charge is 2.20. The number of pyridine rings is 1. The van der Waals surface area contributed by atoms with Gasteiger partial charge in [-0.2, -0.15) is 10.1 Å². The van der Waals surface area contributed by atoms with Crippen molar-refractivity contribution in [3.63, 3.8) is 0 Å². The number of likely N-dealkylation sites (tertiary alicyclic amines) is 1. The maximum atomic E-state index is 12.3. The number of hydrogen-bond acceptors (Lipinski definition) is 4. The van der Waals surface area contributed by atoms with E-state index in [1.165, 1.54) is 5.56 Å². The van der Waals surface area contributed by atoms with Crippen LogP contribution in [0.15, 0.2) is 30.3 Å². The summed E-state index contributed by atoms with van der Waals surface area (Å²) in [6.07, 6.45) is 2.99. The summed E-state index contributed by atoms with van der Waals surface area (Å²) in [5.74, 6) is 0.505. The van der Waals surface area contributed by atoms with Gasteiger partial charge in [0, 0.05) is 24.5 Å². The molecule has 6 nitrogen and oxygen atoms in total. The average molecular weight is 378 g/mol. The zero-order chi connectivity index (χ0) is 19.7. The lowest BCUT2D eigenvalue weighted by Crippen LogP contribution is -2.32. The van der Waals surface area contributed by atoms with Crippen molar-refractivity contribution < 1.29 is 9.53 Å². The number of carbonyl (C=O) groups excluding carboxylic acids is 1. The summed E-state index contributed by atoms with van der Waals surface area (Å²) in [7, 11) is 0. The van der Waals surface area contributed by atoms with Crippen LogP contribution in [0.5, 0.6) is 5.88 Å². The van der Waals surface area contributed by atoms with E-state index in [0.717, 1.165) is 60.3 Å². The van der Waals surface area contributed by atoms with Gasteiger partial charge in [0.2, 0.25) is 5.88 Å². The molecule has 6 heteroatoms. The minimum absolute atomic E-state index is 0.0271. The zero-order valence-corrected chi connectivity index (χ0v) is 16.7. The summed E-state index contributed by atoms with van der Waals surface area (Å²) in [5, 5.41) is 5.78. The van der Waals surface area contributed by atoms with E-state index in [1.54, 1.807) is 0 Å². The first-order valence-electron chi connectivity index (χ1n) is 9.93. The maximum absolute atomic E-state index is 12.3.